The van der Waals surface area contributed by atoms with E-state index in [1.165, 1.54) is 16.8 Å². The SMILES string of the molecule is Cn1cnc(S(=O)(=O)N2CCCC3(C2)OC(=O)c2ccccc23)c1. The zero-order chi connectivity index (χ0) is 16.9. The molecule has 126 valence electrons. The van der Waals surface area contributed by atoms with Crippen LogP contribution in [0.15, 0.2) is 41.8 Å². The number of aryl methyl sites for hydroxylation is 1. The fourth-order valence-corrected chi connectivity index (χ4v) is 4.98. The first-order valence-electron chi connectivity index (χ1n) is 7.73. The molecule has 4 rings (SSSR count). The van der Waals surface area contributed by atoms with Crippen LogP contribution >= 0.6 is 0 Å². The van der Waals surface area contributed by atoms with E-state index in [0.717, 1.165) is 5.56 Å². The molecule has 8 heteroatoms. The van der Waals surface area contributed by atoms with Gasteiger partial charge in [-0.05, 0) is 18.9 Å². The molecule has 0 radical (unpaired) electrons. The first kappa shape index (κ1) is 15.3. The standard InChI is InChI=1S/C16H17N3O4S/c1-18-9-14(17-11-18)24(21,22)19-8-4-7-16(10-19)13-6-3-2-5-12(13)15(20)23-16/h2-3,5-6,9,11H,4,7-8,10H2,1H3. The number of fused-ring (bicyclic) bond motifs is 2. The second kappa shape index (κ2) is 5.15. The van der Waals surface area contributed by atoms with Crippen molar-refractivity contribution in [1.29, 1.82) is 0 Å². The Labute approximate surface area is 139 Å². The summed E-state index contributed by atoms with van der Waals surface area (Å²) in [6, 6.07) is 7.19. The summed E-state index contributed by atoms with van der Waals surface area (Å²) >= 11 is 0. The number of imidazole rings is 1. The molecule has 2 aliphatic rings. The van der Waals surface area contributed by atoms with Crippen molar-refractivity contribution in [3.63, 3.8) is 0 Å². The highest BCUT2D eigenvalue weighted by atomic mass is 32.2. The second-order valence-corrected chi connectivity index (χ2v) is 8.13. The normalized spacial score (nSPS) is 24.1. The Morgan fingerprint density at radius 2 is 2.08 bits per heavy atom. The molecule has 7 nitrogen and oxygen atoms in total. The molecule has 2 aromatic rings. The van der Waals surface area contributed by atoms with Crippen LogP contribution in [0.25, 0.3) is 0 Å². The minimum atomic E-state index is -3.71. The van der Waals surface area contributed by atoms with Crippen molar-refractivity contribution in [3.8, 4) is 0 Å². The predicted octanol–water partition coefficient (Wildman–Crippen LogP) is 1.27. The molecule has 0 bridgehead atoms. The Balaban J connectivity index is 1.72. The summed E-state index contributed by atoms with van der Waals surface area (Å²) in [7, 11) is -1.99. The third kappa shape index (κ3) is 2.17. The number of sulfonamides is 1. The zero-order valence-electron chi connectivity index (χ0n) is 13.2. The van der Waals surface area contributed by atoms with Crippen LogP contribution in [0, 0.1) is 0 Å². The van der Waals surface area contributed by atoms with Crippen molar-refractivity contribution >= 4 is 16.0 Å². The smallest absolute Gasteiger partial charge is 0.339 e. The number of benzene rings is 1. The topological polar surface area (TPSA) is 81.5 Å². The molecule has 0 amide bonds. The molecule has 0 aliphatic carbocycles. The van der Waals surface area contributed by atoms with Gasteiger partial charge in [0.15, 0.2) is 10.6 Å². The van der Waals surface area contributed by atoms with E-state index in [1.54, 1.807) is 23.7 Å². The van der Waals surface area contributed by atoms with E-state index >= 15 is 0 Å². The summed E-state index contributed by atoms with van der Waals surface area (Å²) in [5, 5.41) is 0.0136. The molecule has 1 fully saturated rings. The van der Waals surface area contributed by atoms with E-state index in [1.807, 2.05) is 12.1 Å². The number of nitrogens with zero attached hydrogens (tertiary/aromatic N) is 3. The number of ether oxygens (including phenoxy) is 1. The molecule has 1 aromatic heterocycles. The Kier molecular flexibility index (Phi) is 3.29. The third-order valence-electron chi connectivity index (χ3n) is 4.63. The van der Waals surface area contributed by atoms with E-state index in [-0.39, 0.29) is 17.5 Å². The van der Waals surface area contributed by atoms with E-state index in [0.29, 0.717) is 24.9 Å². The Hall–Kier alpha value is -2.19. The number of carbonyl (C=O) groups is 1. The van der Waals surface area contributed by atoms with Crippen LogP contribution in [0.5, 0.6) is 0 Å². The van der Waals surface area contributed by atoms with Crippen LogP contribution in [0.4, 0.5) is 0 Å². The van der Waals surface area contributed by atoms with E-state index in [2.05, 4.69) is 4.98 Å². The maximum atomic E-state index is 12.8. The number of aromatic nitrogens is 2. The minimum absolute atomic E-state index is 0.0136. The molecule has 2 aliphatic heterocycles. The van der Waals surface area contributed by atoms with Gasteiger partial charge in [0.25, 0.3) is 10.0 Å². The predicted molar refractivity (Wildman–Crippen MR) is 84.7 cm³/mol. The molecule has 1 aromatic carbocycles. The molecule has 1 atom stereocenters. The summed E-state index contributed by atoms with van der Waals surface area (Å²) < 4.78 is 34.3. The number of carbonyl (C=O) groups excluding carboxylic acids is 1. The van der Waals surface area contributed by atoms with Gasteiger partial charge in [0.1, 0.15) is 0 Å². The molecule has 24 heavy (non-hydrogen) atoms. The van der Waals surface area contributed by atoms with Gasteiger partial charge in [-0.15, -0.1) is 0 Å². The molecule has 1 unspecified atom stereocenters. The van der Waals surface area contributed by atoms with E-state index in [9.17, 15) is 13.2 Å². The van der Waals surface area contributed by atoms with Gasteiger partial charge in [0.05, 0.1) is 18.4 Å². The van der Waals surface area contributed by atoms with E-state index in [4.69, 9.17) is 4.74 Å². The molecule has 1 spiro atoms. The highest BCUT2D eigenvalue weighted by Crippen LogP contribution is 2.43. The fraction of sp³-hybridized carbons (Fsp3) is 0.375. The van der Waals surface area contributed by atoms with Crippen molar-refractivity contribution in [2.75, 3.05) is 13.1 Å². The molecule has 1 saturated heterocycles. The first-order valence-corrected chi connectivity index (χ1v) is 9.17. The fourth-order valence-electron chi connectivity index (χ4n) is 3.49. The lowest BCUT2D eigenvalue weighted by Crippen LogP contribution is -2.48. The van der Waals surface area contributed by atoms with Crippen LogP contribution in [0.1, 0.15) is 28.8 Å². The second-order valence-electron chi connectivity index (χ2n) is 6.25. The van der Waals surface area contributed by atoms with Gasteiger partial charge >= 0.3 is 5.97 Å². The number of hydrogen-bond donors (Lipinski definition) is 0. The van der Waals surface area contributed by atoms with Crippen LogP contribution in [-0.2, 0) is 27.4 Å². The Morgan fingerprint density at radius 1 is 1.29 bits per heavy atom. The van der Waals surface area contributed by atoms with Gasteiger partial charge in [0.2, 0.25) is 0 Å². The summed E-state index contributed by atoms with van der Waals surface area (Å²) in [4.78, 5) is 16.1. The lowest BCUT2D eigenvalue weighted by Gasteiger charge is -2.38. The highest BCUT2D eigenvalue weighted by Gasteiger charge is 2.50. The van der Waals surface area contributed by atoms with Gasteiger partial charge in [-0.25, -0.2) is 18.2 Å². The maximum Gasteiger partial charge on any atom is 0.339 e. The number of hydrogen-bond acceptors (Lipinski definition) is 5. The van der Waals surface area contributed by atoms with Crippen LogP contribution in [0.3, 0.4) is 0 Å². The molecule has 0 saturated carbocycles. The van der Waals surface area contributed by atoms with Crippen LogP contribution in [0.2, 0.25) is 0 Å². The quantitative estimate of drug-likeness (QED) is 0.764. The van der Waals surface area contributed by atoms with Crippen molar-refractivity contribution in [1.82, 2.24) is 13.9 Å². The lowest BCUT2D eigenvalue weighted by molar-refractivity contribution is -0.0345. The Morgan fingerprint density at radius 3 is 2.83 bits per heavy atom. The number of rotatable bonds is 2. The minimum Gasteiger partial charge on any atom is -0.449 e. The first-order chi connectivity index (χ1) is 11.4. The average molecular weight is 347 g/mol. The van der Waals surface area contributed by atoms with Crippen LogP contribution in [-0.4, -0.2) is 41.3 Å². The summed E-state index contributed by atoms with van der Waals surface area (Å²) in [6.07, 6.45) is 4.17. The average Bonchev–Trinajstić information content (AvgIpc) is 3.12. The summed E-state index contributed by atoms with van der Waals surface area (Å²) in [6.45, 7) is 0.509. The summed E-state index contributed by atoms with van der Waals surface area (Å²) in [5.74, 6) is -0.386. The molecule has 3 heterocycles. The molecular weight excluding hydrogens is 330 g/mol. The summed E-state index contributed by atoms with van der Waals surface area (Å²) in [5.41, 5.74) is 0.402. The lowest BCUT2D eigenvalue weighted by atomic mass is 9.86. The number of esters is 1. The van der Waals surface area contributed by atoms with E-state index < -0.39 is 15.6 Å². The van der Waals surface area contributed by atoms with Crippen molar-refractivity contribution < 1.29 is 17.9 Å². The maximum absolute atomic E-state index is 12.8. The van der Waals surface area contributed by atoms with Crippen molar-refractivity contribution in [2.45, 2.75) is 23.5 Å². The monoisotopic (exact) mass is 347 g/mol. The largest absolute Gasteiger partial charge is 0.449 e. The van der Waals surface area contributed by atoms with Crippen molar-refractivity contribution in [2.24, 2.45) is 7.05 Å². The van der Waals surface area contributed by atoms with Gasteiger partial charge < -0.3 is 9.30 Å². The third-order valence-corrected chi connectivity index (χ3v) is 6.36. The van der Waals surface area contributed by atoms with Gasteiger partial charge in [0, 0.05) is 25.4 Å². The van der Waals surface area contributed by atoms with Crippen LogP contribution < -0.4 is 0 Å². The highest BCUT2D eigenvalue weighted by molar-refractivity contribution is 7.89. The van der Waals surface area contributed by atoms with Gasteiger partial charge in [-0.2, -0.15) is 4.31 Å². The molecular formula is C16H17N3O4S. The number of piperidine rings is 1. The van der Waals surface area contributed by atoms with Crippen molar-refractivity contribution in [3.05, 3.63) is 47.9 Å². The van der Waals surface area contributed by atoms with Gasteiger partial charge in [-0.3, -0.25) is 0 Å². The van der Waals surface area contributed by atoms with Gasteiger partial charge in [-0.1, -0.05) is 18.2 Å². The molecule has 0 N–H and O–H groups in total. The Bertz CT molecular complexity index is 921. The zero-order valence-corrected chi connectivity index (χ0v) is 14.0.